The SMILES string of the molecule is Cc1cc(N(CN2CCCC2=O)C(=O)c2cc(C(F)(F)F)cc(C(F)(F)F)c2)no1. The molecule has 0 saturated carbocycles. The Kier molecular flexibility index (Phi) is 5.52. The fourth-order valence-corrected chi connectivity index (χ4v) is 2.98. The number of benzene rings is 1. The van der Waals surface area contributed by atoms with Crippen molar-refractivity contribution in [3.8, 4) is 0 Å². The molecule has 1 aliphatic heterocycles. The molecule has 0 spiro atoms. The normalized spacial score (nSPS) is 15.0. The van der Waals surface area contributed by atoms with E-state index in [1.165, 1.54) is 17.9 Å². The van der Waals surface area contributed by atoms with Crippen LogP contribution in [-0.2, 0) is 17.1 Å². The van der Waals surface area contributed by atoms with Gasteiger partial charge < -0.3 is 9.42 Å². The summed E-state index contributed by atoms with van der Waals surface area (Å²) in [6.07, 6.45) is -9.46. The lowest BCUT2D eigenvalue weighted by Gasteiger charge is -2.26. The third-order valence-corrected chi connectivity index (χ3v) is 4.46. The highest BCUT2D eigenvalue weighted by Crippen LogP contribution is 2.37. The summed E-state index contributed by atoms with van der Waals surface area (Å²) in [6, 6.07) is 1.90. The molecule has 0 aliphatic carbocycles. The largest absolute Gasteiger partial charge is 0.416 e. The van der Waals surface area contributed by atoms with Gasteiger partial charge in [0.25, 0.3) is 5.91 Å². The molecule has 162 valence electrons. The number of anilines is 1. The molecule has 1 aromatic heterocycles. The Labute approximate surface area is 166 Å². The lowest BCUT2D eigenvalue weighted by molar-refractivity contribution is -0.143. The highest BCUT2D eigenvalue weighted by molar-refractivity contribution is 6.06. The maximum absolute atomic E-state index is 13.1. The van der Waals surface area contributed by atoms with Crippen LogP contribution in [0, 0.1) is 6.92 Å². The summed E-state index contributed by atoms with van der Waals surface area (Å²) in [6.45, 7) is 1.39. The molecular weight excluding hydrogens is 420 g/mol. The van der Waals surface area contributed by atoms with Crippen molar-refractivity contribution < 1.29 is 40.5 Å². The first-order valence-corrected chi connectivity index (χ1v) is 8.68. The average molecular weight is 435 g/mol. The topological polar surface area (TPSA) is 66.7 Å². The maximum Gasteiger partial charge on any atom is 0.416 e. The average Bonchev–Trinajstić information content (AvgIpc) is 3.25. The highest BCUT2D eigenvalue weighted by atomic mass is 19.4. The predicted molar refractivity (Wildman–Crippen MR) is 90.3 cm³/mol. The van der Waals surface area contributed by atoms with Gasteiger partial charge in [-0.05, 0) is 31.5 Å². The molecule has 1 aliphatic rings. The number of amides is 2. The van der Waals surface area contributed by atoms with E-state index in [2.05, 4.69) is 5.16 Å². The van der Waals surface area contributed by atoms with Crippen molar-refractivity contribution in [3.63, 3.8) is 0 Å². The number of hydrogen-bond acceptors (Lipinski definition) is 4. The van der Waals surface area contributed by atoms with E-state index < -0.39 is 35.0 Å². The Morgan fingerprint density at radius 2 is 1.70 bits per heavy atom. The number of carbonyl (C=O) groups is 2. The zero-order valence-corrected chi connectivity index (χ0v) is 15.5. The second-order valence-corrected chi connectivity index (χ2v) is 6.73. The summed E-state index contributed by atoms with van der Waals surface area (Å²) in [4.78, 5) is 27.0. The highest BCUT2D eigenvalue weighted by Gasteiger charge is 2.38. The van der Waals surface area contributed by atoms with E-state index in [-0.39, 0.29) is 43.2 Å². The molecule has 6 nitrogen and oxygen atoms in total. The first-order chi connectivity index (χ1) is 13.9. The van der Waals surface area contributed by atoms with Crippen molar-refractivity contribution in [1.82, 2.24) is 10.1 Å². The number of aryl methyl sites for hydroxylation is 1. The molecule has 1 aromatic carbocycles. The number of halogens is 6. The van der Waals surface area contributed by atoms with Gasteiger partial charge in [-0.25, -0.2) is 0 Å². The molecule has 12 heteroatoms. The van der Waals surface area contributed by atoms with Crippen LogP contribution in [0.3, 0.4) is 0 Å². The van der Waals surface area contributed by atoms with Crippen molar-refractivity contribution in [3.05, 3.63) is 46.7 Å². The molecule has 1 fully saturated rings. The number of aromatic nitrogens is 1. The molecule has 0 unspecified atom stereocenters. The number of rotatable bonds is 4. The van der Waals surface area contributed by atoms with E-state index in [4.69, 9.17) is 4.52 Å². The Morgan fingerprint density at radius 1 is 1.10 bits per heavy atom. The van der Waals surface area contributed by atoms with Crippen LogP contribution >= 0.6 is 0 Å². The number of alkyl halides is 6. The first-order valence-electron chi connectivity index (χ1n) is 8.68. The van der Waals surface area contributed by atoms with Gasteiger partial charge in [-0.15, -0.1) is 0 Å². The van der Waals surface area contributed by atoms with Crippen molar-refractivity contribution in [1.29, 1.82) is 0 Å². The Hall–Kier alpha value is -3.05. The molecule has 0 bridgehead atoms. The van der Waals surface area contributed by atoms with Crippen LogP contribution in [0.15, 0.2) is 28.8 Å². The van der Waals surface area contributed by atoms with Gasteiger partial charge in [-0.1, -0.05) is 5.16 Å². The maximum atomic E-state index is 13.1. The lowest BCUT2D eigenvalue weighted by Crippen LogP contribution is -2.42. The molecular formula is C18H15F6N3O3. The van der Waals surface area contributed by atoms with Crippen LogP contribution in [0.4, 0.5) is 32.2 Å². The molecule has 1 saturated heterocycles. The first kappa shape index (κ1) is 21.7. The second-order valence-electron chi connectivity index (χ2n) is 6.73. The number of nitrogens with zero attached hydrogens (tertiary/aromatic N) is 3. The van der Waals surface area contributed by atoms with Gasteiger partial charge in [0.15, 0.2) is 5.82 Å². The molecule has 2 amide bonds. The lowest BCUT2D eigenvalue weighted by atomic mass is 10.0. The third-order valence-electron chi connectivity index (χ3n) is 4.46. The standard InChI is InChI=1S/C18H15F6N3O3/c1-10-5-14(25-30-10)27(9-26-4-2-3-15(26)28)16(29)11-6-12(17(19,20)21)8-13(7-11)18(22,23)24/h5-8H,2-4,9H2,1H3. The smallest absolute Gasteiger partial charge is 0.360 e. The Bertz CT molecular complexity index is 935. The summed E-state index contributed by atoms with van der Waals surface area (Å²) in [5, 5.41) is 3.62. The van der Waals surface area contributed by atoms with Gasteiger partial charge in [0.05, 0.1) is 11.1 Å². The monoisotopic (exact) mass is 435 g/mol. The molecule has 0 atom stereocenters. The number of likely N-dealkylation sites (tertiary alicyclic amines) is 1. The molecule has 2 aromatic rings. The van der Waals surface area contributed by atoms with Crippen LogP contribution in [0.1, 0.15) is 40.1 Å². The van der Waals surface area contributed by atoms with E-state index in [1.807, 2.05) is 0 Å². The van der Waals surface area contributed by atoms with Crippen molar-refractivity contribution >= 4 is 17.6 Å². The van der Waals surface area contributed by atoms with Crippen LogP contribution in [0.5, 0.6) is 0 Å². The number of hydrogen-bond donors (Lipinski definition) is 0. The van der Waals surface area contributed by atoms with Crippen LogP contribution in [-0.4, -0.2) is 35.1 Å². The Morgan fingerprint density at radius 3 is 2.13 bits per heavy atom. The Balaban J connectivity index is 2.06. The van der Waals surface area contributed by atoms with Crippen LogP contribution in [0.25, 0.3) is 0 Å². The summed E-state index contributed by atoms with van der Waals surface area (Å²) >= 11 is 0. The van der Waals surface area contributed by atoms with Crippen molar-refractivity contribution in [2.75, 3.05) is 18.1 Å². The van der Waals surface area contributed by atoms with E-state index in [1.54, 1.807) is 0 Å². The molecule has 3 rings (SSSR count). The summed E-state index contributed by atoms with van der Waals surface area (Å²) in [7, 11) is 0. The van der Waals surface area contributed by atoms with Gasteiger partial charge in [0, 0.05) is 24.6 Å². The molecule has 0 radical (unpaired) electrons. The van der Waals surface area contributed by atoms with Gasteiger partial charge in [-0.3, -0.25) is 14.5 Å². The molecule has 30 heavy (non-hydrogen) atoms. The minimum Gasteiger partial charge on any atom is -0.360 e. The molecule has 0 N–H and O–H groups in total. The van der Waals surface area contributed by atoms with Gasteiger partial charge in [-0.2, -0.15) is 26.3 Å². The zero-order valence-electron chi connectivity index (χ0n) is 15.5. The second kappa shape index (κ2) is 7.65. The van der Waals surface area contributed by atoms with Crippen LogP contribution in [0.2, 0.25) is 0 Å². The fraction of sp³-hybridized carbons (Fsp3) is 0.389. The van der Waals surface area contributed by atoms with E-state index in [0.29, 0.717) is 18.6 Å². The van der Waals surface area contributed by atoms with E-state index >= 15 is 0 Å². The minimum atomic E-state index is -5.10. The zero-order chi connectivity index (χ0) is 22.3. The molecule has 2 heterocycles. The third kappa shape index (κ3) is 4.57. The summed E-state index contributed by atoms with van der Waals surface area (Å²) in [5.41, 5.74) is -4.08. The van der Waals surface area contributed by atoms with Crippen LogP contribution < -0.4 is 4.90 Å². The summed E-state index contributed by atoms with van der Waals surface area (Å²) < 4.78 is 83.7. The summed E-state index contributed by atoms with van der Waals surface area (Å²) in [5.74, 6) is -1.36. The quantitative estimate of drug-likeness (QED) is 0.674. The van der Waals surface area contributed by atoms with E-state index in [9.17, 15) is 35.9 Å². The fourth-order valence-electron chi connectivity index (χ4n) is 2.98. The van der Waals surface area contributed by atoms with E-state index in [0.717, 1.165) is 4.90 Å². The van der Waals surface area contributed by atoms with Gasteiger partial charge >= 0.3 is 12.4 Å². The number of carbonyl (C=O) groups excluding carboxylic acids is 2. The predicted octanol–water partition coefficient (Wildman–Crippen LogP) is 4.25. The van der Waals surface area contributed by atoms with Gasteiger partial charge in [0.1, 0.15) is 12.4 Å². The van der Waals surface area contributed by atoms with Crippen molar-refractivity contribution in [2.24, 2.45) is 0 Å². The van der Waals surface area contributed by atoms with Gasteiger partial charge in [0.2, 0.25) is 5.91 Å². The minimum absolute atomic E-state index is 0.0641. The van der Waals surface area contributed by atoms with Crippen molar-refractivity contribution in [2.45, 2.75) is 32.1 Å².